The van der Waals surface area contributed by atoms with Gasteiger partial charge >= 0.3 is 0 Å². The van der Waals surface area contributed by atoms with Crippen LogP contribution in [0.25, 0.3) is 0 Å². The predicted molar refractivity (Wildman–Crippen MR) is 182 cm³/mol. The van der Waals surface area contributed by atoms with Crippen LogP contribution in [-0.4, -0.2) is 106 Å². The van der Waals surface area contributed by atoms with Gasteiger partial charge in [-0.05, 0) is 62.6 Å². The molecule has 0 amide bonds. The lowest BCUT2D eigenvalue weighted by molar-refractivity contribution is 0.216. The fourth-order valence-corrected chi connectivity index (χ4v) is 6.89. The molecule has 4 aromatic carbocycles. The number of aliphatic imine (C=N–C) groups is 2. The van der Waals surface area contributed by atoms with Crippen LogP contribution in [0.5, 0.6) is 0 Å². The normalized spacial score (nSPS) is 17.5. The van der Waals surface area contributed by atoms with E-state index in [1.165, 1.54) is 0 Å². The van der Waals surface area contributed by atoms with Crippen molar-refractivity contribution in [1.29, 1.82) is 0 Å². The number of amidine groups is 2. The first-order chi connectivity index (χ1) is 21.9. The number of rotatable bonds is 6. The fourth-order valence-electron chi connectivity index (χ4n) is 5.63. The molecule has 4 aromatic rings. The third-order valence-corrected chi connectivity index (χ3v) is 10.2. The first-order valence-electron chi connectivity index (χ1n) is 15.5. The summed E-state index contributed by atoms with van der Waals surface area (Å²) in [5.41, 5.74) is 3.52. The highest BCUT2D eigenvalue weighted by molar-refractivity contribution is 7.91. The first-order valence-corrected chi connectivity index (χ1v) is 17.0. The number of sulfone groups is 1. The van der Waals surface area contributed by atoms with E-state index in [-0.39, 0.29) is 9.79 Å². The average Bonchev–Trinajstić information content (AvgIpc) is 3.08. The average molecular weight is 621 g/mol. The molecule has 2 aliphatic rings. The van der Waals surface area contributed by atoms with E-state index in [1.54, 1.807) is 48.5 Å². The lowest BCUT2D eigenvalue weighted by atomic mass is 10.1. The van der Waals surface area contributed by atoms with Crippen LogP contribution in [0.4, 0.5) is 11.4 Å². The molecule has 6 rings (SSSR count). The summed E-state index contributed by atoms with van der Waals surface area (Å²) in [6, 6.07) is 34.1. The van der Waals surface area contributed by atoms with E-state index in [2.05, 4.69) is 58.0 Å². The quantitative estimate of drug-likeness (QED) is 0.219. The highest BCUT2D eigenvalue weighted by atomic mass is 32.2. The van der Waals surface area contributed by atoms with Gasteiger partial charge in [-0.25, -0.2) is 18.4 Å². The van der Waals surface area contributed by atoms with Crippen LogP contribution < -0.4 is 0 Å². The van der Waals surface area contributed by atoms with Gasteiger partial charge in [-0.1, -0.05) is 60.7 Å². The Balaban J connectivity index is 1.23. The molecule has 8 nitrogen and oxygen atoms in total. The predicted octanol–water partition coefficient (Wildman–Crippen LogP) is 5.17. The molecule has 2 aliphatic heterocycles. The molecule has 0 N–H and O–H groups in total. The van der Waals surface area contributed by atoms with Gasteiger partial charge in [0, 0.05) is 63.5 Å². The van der Waals surface area contributed by atoms with Crippen LogP contribution in [-0.2, 0) is 9.84 Å². The molecular weight excluding hydrogens is 581 g/mol. The Kier molecular flexibility index (Phi) is 9.39. The molecule has 0 saturated carbocycles. The van der Waals surface area contributed by atoms with Crippen molar-refractivity contribution < 1.29 is 8.42 Å². The van der Waals surface area contributed by atoms with Crippen molar-refractivity contribution in [3.05, 3.63) is 120 Å². The van der Waals surface area contributed by atoms with Gasteiger partial charge in [-0.15, -0.1) is 0 Å². The summed E-state index contributed by atoms with van der Waals surface area (Å²) in [6.45, 7) is 7.43. The van der Waals surface area contributed by atoms with Crippen molar-refractivity contribution >= 4 is 32.9 Å². The Morgan fingerprint density at radius 3 is 1.16 bits per heavy atom. The molecule has 2 saturated heterocycles. The molecule has 0 atom stereocenters. The molecular formula is C36H40N6O2S. The van der Waals surface area contributed by atoms with Crippen molar-refractivity contribution in [3.63, 3.8) is 0 Å². The van der Waals surface area contributed by atoms with E-state index in [0.717, 1.165) is 75.2 Å². The smallest absolute Gasteiger partial charge is 0.206 e. The lowest BCUT2D eigenvalue weighted by Crippen LogP contribution is -2.47. The second-order valence-electron chi connectivity index (χ2n) is 11.7. The summed E-state index contributed by atoms with van der Waals surface area (Å²) in [7, 11) is 0.548. The van der Waals surface area contributed by atoms with Crippen LogP contribution in [0.15, 0.2) is 129 Å². The number of likely N-dealkylation sites (N-methyl/N-ethyl adjacent to an activating group) is 2. The Labute approximate surface area is 266 Å². The van der Waals surface area contributed by atoms with E-state index in [4.69, 9.17) is 9.98 Å². The summed E-state index contributed by atoms with van der Waals surface area (Å²) in [5, 5.41) is 0. The molecule has 0 bridgehead atoms. The summed E-state index contributed by atoms with van der Waals surface area (Å²) in [5.74, 6) is 1.81. The van der Waals surface area contributed by atoms with E-state index in [1.807, 2.05) is 36.4 Å². The Morgan fingerprint density at radius 2 is 0.822 bits per heavy atom. The molecule has 0 unspecified atom stereocenters. The van der Waals surface area contributed by atoms with Crippen LogP contribution in [0.3, 0.4) is 0 Å². The molecule has 0 spiro atoms. The van der Waals surface area contributed by atoms with Gasteiger partial charge in [-0.3, -0.25) is 0 Å². The Morgan fingerprint density at radius 1 is 0.489 bits per heavy atom. The third-order valence-electron chi connectivity index (χ3n) is 8.43. The lowest BCUT2D eigenvalue weighted by Gasteiger charge is -2.34. The topological polar surface area (TPSA) is 71.8 Å². The van der Waals surface area contributed by atoms with E-state index < -0.39 is 9.84 Å². The Hall–Kier alpha value is -4.31. The van der Waals surface area contributed by atoms with Gasteiger partial charge in [0.15, 0.2) is 0 Å². The highest BCUT2D eigenvalue weighted by Crippen LogP contribution is 2.27. The third kappa shape index (κ3) is 7.33. The summed E-state index contributed by atoms with van der Waals surface area (Å²) in [6.07, 6.45) is 0. The van der Waals surface area contributed by atoms with Crippen LogP contribution in [0.1, 0.15) is 11.1 Å². The minimum Gasteiger partial charge on any atom is -0.354 e. The summed E-state index contributed by atoms with van der Waals surface area (Å²) in [4.78, 5) is 19.7. The van der Waals surface area contributed by atoms with E-state index in [9.17, 15) is 8.42 Å². The first kappa shape index (κ1) is 30.7. The zero-order valence-corrected chi connectivity index (χ0v) is 26.8. The molecule has 232 valence electrons. The second kappa shape index (κ2) is 13.8. The van der Waals surface area contributed by atoms with Gasteiger partial charge in [0.25, 0.3) is 0 Å². The molecule has 2 fully saturated rings. The van der Waals surface area contributed by atoms with Crippen LogP contribution in [0, 0.1) is 0 Å². The SMILES string of the molecule is CN1CCN(C(=Nc2ccc(S(=O)(=O)c3ccc(N=C(c4ccccc4)N4CCN(C)CC4)cc3)cc2)c2ccccc2)CC1. The maximum absolute atomic E-state index is 13.6. The van der Waals surface area contributed by atoms with Crippen molar-refractivity contribution in [3.8, 4) is 0 Å². The van der Waals surface area contributed by atoms with Crippen LogP contribution >= 0.6 is 0 Å². The van der Waals surface area contributed by atoms with Gasteiger partial charge in [0.05, 0.1) is 21.2 Å². The highest BCUT2D eigenvalue weighted by Gasteiger charge is 2.22. The van der Waals surface area contributed by atoms with E-state index in [0.29, 0.717) is 11.4 Å². The molecule has 0 radical (unpaired) electrons. The van der Waals surface area contributed by atoms with Gasteiger partial charge in [0.2, 0.25) is 9.84 Å². The number of benzene rings is 4. The number of hydrogen-bond donors (Lipinski definition) is 0. The van der Waals surface area contributed by atoms with Crippen molar-refractivity contribution in [1.82, 2.24) is 19.6 Å². The van der Waals surface area contributed by atoms with Gasteiger partial charge in [-0.2, -0.15) is 0 Å². The van der Waals surface area contributed by atoms with Gasteiger partial charge in [0.1, 0.15) is 11.7 Å². The fraction of sp³-hybridized carbons (Fsp3) is 0.278. The monoisotopic (exact) mass is 620 g/mol. The zero-order chi connectivity index (χ0) is 31.2. The van der Waals surface area contributed by atoms with E-state index >= 15 is 0 Å². The number of piperazine rings is 2. The molecule has 9 heteroatoms. The standard InChI is InChI=1S/C36H40N6O2S/c1-39-21-25-41(26-22-39)35(29-9-5-3-6-10-29)37-31-13-17-33(18-14-31)45(43,44)34-19-15-32(16-20-34)38-36(30-11-7-4-8-12-30)42-27-23-40(2)24-28-42/h3-20H,21-28H2,1-2H3. The number of nitrogens with zero attached hydrogens (tertiary/aromatic N) is 6. The van der Waals surface area contributed by atoms with Gasteiger partial charge < -0.3 is 19.6 Å². The van der Waals surface area contributed by atoms with Crippen molar-refractivity contribution in [2.75, 3.05) is 66.5 Å². The second-order valence-corrected chi connectivity index (χ2v) is 13.6. The zero-order valence-electron chi connectivity index (χ0n) is 26.0. The maximum atomic E-state index is 13.6. The minimum atomic E-state index is -3.72. The summed E-state index contributed by atoms with van der Waals surface area (Å²) < 4.78 is 27.2. The number of hydrogen-bond acceptors (Lipinski definition) is 6. The minimum absolute atomic E-state index is 0.237. The molecule has 2 heterocycles. The molecule has 0 aliphatic carbocycles. The molecule has 45 heavy (non-hydrogen) atoms. The summed E-state index contributed by atoms with van der Waals surface area (Å²) >= 11 is 0. The van der Waals surface area contributed by atoms with Crippen molar-refractivity contribution in [2.24, 2.45) is 9.98 Å². The maximum Gasteiger partial charge on any atom is 0.206 e. The Bertz CT molecular complexity index is 1600. The largest absolute Gasteiger partial charge is 0.354 e. The molecule has 0 aromatic heterocycles. The van der Waals surface area contributed by atoms with Crippen molar-refractivity contribution in [2.45, 2.75) is 9.79 Å². The van der Waals surface area contributed by atoms with Crippen LogP contribution in [0.2, 0.25) is 0 Å².